The minimum atomic E-state index is -0.358. The molecule has 0 spiro atoms. The number of carbonyl (C=O) groups is 2. The molecule has 0 saturated carbocycles. The maximum absolute atomic E-state index is 13.2. The topological polar surface area (TPSA) is 68.3 Å². The molecule has 4 rings (SSSR count). The van der Waals surface area contributed by atoms with Crippen molar-refractivity contribution < 1.29 is 14.3 Å². The van der Waals surface area contributed by atoms with Crippen LogP contribution >= 0.6 is 0 Å². The number of pyridine rings is 1. The molecule has 1 aliphatic carbocycles. The van der Waals surface area contributed by atoms with E-state index in [1.165, 1.54) is 6.92 Å². The first kappa shape index (κ1) is 18.2. The van der Waals surface area contributed by atoms with Gasteiger partial charge in [-0.1, -0.05) is 11.6 Å². The van der Waals surface area contributed by atoms with Gasteiger partial charge in [-0.25, -0.2) is 4.79 Å². The van der Waals surface area contributed by atoms with E-state index in [4.69, 9.17) is 9.72 Å². The lowest BCUT2D eigenvalue weighted by Gasteiger charge is -2.20. The van der Waals surface area contributed by atoms with Gasteiger partial charge in [-0.3, -0.25) is 9.78 Å². The molecular weight excluding hydrogens is 352 g/mol. The molecule has 5 nitrogen and oxygen atoms in total. The van der Waals surface area contributed by atoms with E-state index >= 15 is 0 Å². The van der Waals surface area contributed by atoms with Gasteiger partial charge in [0.1, 0.15) is 5.75 Å². The second-order valence-electron chi connectivity index (χ2n) is 7.23. The monoisotopic (exact) mass is 374 g/mol. The van der Waals surface area contributed by atoms with Gasteiger partial charge in [0, 0.05) is 23.7 Å². The number of aryl methyl sites for hydroxylation is 2. The number of aromatic nitrogens is 1. The summed E-state index contributed by atoms with van der Waals surface area (Å²) in [4.78, 5) is 29.1. The average molecular weight is 374 g/mol. The quantitative estimate of drug-likeness (QED) is 0.537. The molecule has 1 amide bonds. The van der Waals surface area contributed by atoms with E-state index in [-0.39, 0.29) is 11.9 Å². The van der Waals surface area contributed by atoms with Crippen LogP contribution in [-0.4, -0.2) is 16.9 Å². The highest BCUT2D eigenvalue weighted by Gasteiger charge is 2.24. The van der Waals surface area contributed by atoms with Gasteiger partial charge in [0.05, 0.1) is 11.1 Å². The molecule has 1 aliphatic rings. The Bertz CT molecular complexity index is 1070. The zero-order valence-corrected chi connectivity index (χ0v) is 16.0. The first-order valence-corrected chi connectivity index (χ1v) is 9.53. The average Bonchev–Trinajstić information content (AvgIpc) is 2.67. The Hall–Kier alpha value is -3.21. The Morgan fingerprint density at radius 3 is 2.54 bits per heavy atom. The molecule has 3 aromatic rings. The summed E-state index contributed by atoms with van der Waals surface area (Å²) < 4.78 is 5.70. The molecule has 2 aromatic carbocycles. The zero-order chi connectivity index (χ0) is 19.7. The predicted octanol–water partition coefficient (Wildman–Crippen LogP) is 4.60. The summed E-state index contributed by atoms with van der Waals surface area (Å²) in [6, 6.07) is 12.8. The first-order valence-electron chi connectivity index (χ1n) is 9.53. The van der Waals surface area contributed by atoms with Crippen LogP contribution in [0.2, 0.25) is 0 Å². The minimum Gasteiger partial charge on any atom is -0.423 e. The predicted molar refractivity (Wildman–Crippen MR) is 109 cm³/mol. The molecule has 0 atom stereocenters. The Labute approximate surface area is 163 Å². The Kier molecular flexibility index (Phi) is 4.82. The van der Waals surface area contributed by atoms with Crippen molar-refractivity contribution in [3.05, 3.63) is 64.8 Å². The second kappa shape index (κ2) is 7.43. The number of rotatable bonds is 3. The number of benzene rings is 2. The molecule has 1 heterocycles. The number of esters is 1. The van der Waals surface area contributed by atoms with Crippen LogP contribution in [-0.2, 0) is 17.6 Å². The fraction of sp³-hybridized carbons (Fsp3) is 0.261. The molecule has 1 N–H and O–H groups in total. The fourth-order valence-electron chi connectivity index (χ4n) is 3.74. The van der Waals surface area contributed by atoms with E-state index in [1.54, 1.807) is 24.3 Å². The molecule has 0 aliphatic heterocycles. The van der Waals surface area contributed by atoms with Crippen molar-refractivity contribution in [1.82, 2.24) is 4.98 Å². The number of hydrogen-bond donors (Lipinski definition) is 1. The van der Waals surface area contributed by atoms with Gasteiger partial charge in [0.25, 0.3) is 0 Å². The summed E-state index contributed by atoms with van der Waals surface area (Å²) in [6.07, 6.45) is 3.89. The van der Waals surface area contributed by atoms with Gasteiger partial charge in [0.15, 0.2) is 0 Å². The second-order valence-corrected chi connectivity index (χ2v) is 7.23. The van der Waals surface area contributed by atoms with Crippen LogP contribution in [0.25, 0.3) is 10.9 Å². The van der Waals surface area contributed by atoms with Crippen LogP contribution in [0.5, 0.6) is 5.75 Å². The minimum absolute atomic E-state index is 0.144. The van der Waals surface area contributed by atoms with E-state index in [1.807, 2.05) is 25.1 Å². The van der Waals surface area contributed by atoms with E-state index in [0.717, 1.165) is 53.4 Å². The molecule has 0 unspecified atom stereocenters. The van der Waals surface area contributed by atoms with Gasteiger partial charge in [-0.2, -0.15) is 0 Å². The van der Waals surface area contributed by atoms with Crippen LogP contribution in [0, 0.1) is 6.92 Å². The largest absolute Gasteiger partial charge is 0.423 e. The number of anilines is 1. The maximum atomic E-state index is 13.2. The SMILES string of the molecule is CC(=O)Nc1ccc(OC(=O)c2c3c(nc4ccc(C)cc24)CCCC3)cc1. The van der Waals surface area contributed by atoms with Gasteiger partial charge in [0.2, 0.25) is 5.91 Å². The summed E-state index contributed by atoms with van der Waals surface area (Å²) in [6.45, 7) is 3.46. The van der Waals surface area contributed by atoms with Crippen molar-refractivity contribution in [2.45, 2.75) is 39.5 Å². The Balaban J connectivity index is 1.72. The highest BCUT2D eigenvalue weighted by molar-refractivity contribution is 6.06. The third-order valence-corrected chi connectivity index (χ3v) is 5.01. The Morgan fingerprint density at radius 2 is 1.79 bits per heavy atom. The zero-order valence-electron chi connectivity index (χ0n) is 16.0. The number of carbonyl (C=O) groups excluding carboxylic acids is 2. The molecule has 0 bridgehead atoms. The van der Waals surface area contributed by atoms with Crippen molar-refractivity contribution in [2.24, 2.45) is 0 Å². The molecule has 1 aromatic heterocycles. The van der Waals surface area contributed by atoms with Crippen molar-refractivity contribution in [3.63, 3.8) is 0 Å². The lowest BCUT2D eigenvalue weighted by molar-refractivity contribution is -0.114. The van der Waals surface area contributed by atoms with Gasteiger partial charge in [-0.15, -0.1) is 0 Å². The number of nitrogens with one attached hydrogen (secondary N) is 1. The van der Waals surface area contributed by atoms with Crippen molar-refractivity contribution in [3.8, 4) is 5.75 Å². The molecule has 0 fully saturated rings. The van der Waals surface area contributed by atoms with E-state index < -0.39 is 0 Å². The molecular formula is C23H22N2O3. The van der Waals surface area contributed by atoms with Gasteiger partial charge < -0.3 is 10.1 Å². The maximum Gasteiger partial charge on any atom is 0.344 e. The highest BCUT2D eigenvalue weighted by atomic mass is 16.5. The number of fused-ring (bicyclic) bond motifs is 2. The smallest absolute Gasteiger partial charge is 0.344 e. The van der Waals surface area contributed by atoms with Crippen LogP contribution in [0.1, 0.15) is 46.9 Å². The van der Waals surface area contributed by atoms with E-state index in [9.17, 15) is 9.59 Å². The molecule has 142 valence electrons. The summed E-state index contributed by atoms with van der Waals surface area (Å²) in [5, 5.41) is 3.55. The number of nitrogens with zero attached hydrogens (tertiary/aromatic N) is 1. The van der Waals surface area contributed by atoms with Gasteiger partial charge >= 0.3 is 5.97 Å². The number of ether oxygens (including phenoxy) is 1. The summed E-state index contributed by atoms with van der Waals surface area (Å²) in [7, 11) is 0. The summed E-state index contributed by atoms with van der Waals surface area (Å²) in [5.74, 6) is -0.0558. The fourth-order valence-corrected chi connectivity index (χ4v) is 3.74. The van der Waals surface area contributed by atoms with Gasteiger partial charge in [-0.05, 0) is 74.6 Å². The van der Waals surface area contributed by atoms with E-state index in [0.29, 0.717) is 17.0 Å². The lowest BCUT2D eigenvalue weighted by Crippen LogP contribution is -2.17. The van der Waals surface area contributed by atoms with Crippen LogP contribution < -0.4 is 10.1 Å². The van der Waals surface area contributed by atoms with Crippen LogP contribution in [0.3, 0.4) is 0 Å². The Morgan fingerprint density at radius 1 is 1.04 bits per heavy atom. The first-order chi connectivity index (χ1) is 13.5. The van der Waals surface area contributed by atoms with Crippen molar-refractivity contribution in [1.29, 1.82) is 0 Å². The molecule has 0 saturated heterocycles. The van der Waals surface area contributed by atoms with Crippen LogP contribution in [0.4, 0.5) is 5.69 Å². The molecule has 5 heteroatoms. The standard InChI is InChI=1S/C23H22N2O3/c1-14-7-12-21-19(13-14)22(18-5-3-4-6-20(18)25-21)23(27)28-17-10-8-16(9-11-17)24-15(2)26/h7-13H,3-6H2,1-2H3,(H,24,26). The van der Waals surface area contributed by atoms with Crippen LogP contribution in [0.15, 0.2) is 42.5 Å². The van der Waals surface area contributed by atoms with Crippen molar-refractivity contribution in [2.75, 3.05) is 5.32 Å². The summed E-state index contributed by atoms with van der Waals surface area (Å²) >= 11 is 0. The summed E-state index contributed by atoms with van der Waals surface area (Å²) in [5.41, 5.74) is 5.24. The number of hydrogen-bond acceptors (Lipinski definition) is 4. The van der Waals surface area contributed by atoms with Crippen molar-refractivity contribution >= 4 is 28.5 Å². The highest BCUT2D eigenvalue weighted by Crippen LogP contribution is 2.31. The third-order valence-electron chi connectivity index (χ3n) is 5.01. The normalized spacial score (nSPS) is 13.1. The number of amides is 1. The lowest BCUT2D eigenvalue weighted by atomic mass is 9.89. The van der Waals surface area contributed by atoms with E-state index in [2.05, 4.69) is 5.32 Å². The molecule has 0 radical (unpaired) electrons. The molecule has 28 heavy (non-hydrogen) atoms. The third kappa shape index (κ3) is 3.60.